The average molecular weight is 308 g/mol. The van der Waals surface area contributed by atoms with Gasteiger partial charge in [-0.15, -0.1) is 0 Å². The molecule has 1 aliphatic heterocycles. The van der Waals surface area contributed by atoms with Gasteiger partial charge in [-0.25, -0.2) is 0 Å². The number of rotatable bonds is 8. The highest BCUT2D eigenvalue weighted by Crippen LogP contribution is 2.22. The lowest BCUT2D eigenvalue weighted by molar-refractivity contribution is -0.272. The first-order valence-corrected chi connectivity index (χ1v) is 6.80. The molecule has 0 saturated carbocycles. The number of hydrogen-bond donors (Lipinski definition) is 5. The Labute approximate surface area is 123 Å². The molecule has 0 radical (unpaired) electrons. The first-order chi connectivity index (χ1) is 10.0. The van der Waals surface area contributed by atoms with E-state index in [2.05, 4.69) is 5.32 Å². The number of ether oxygens (including phenoxy) is 3. The van der Waals surface area contributed by atoms with Gasteiger partial charge in [-0.05, 0) is 0 Å². The summed E-state index contributed by atoms with van der Waals surface area (Å²) in [4.78, 5) is 11.2. The molecule has 5 atom stereocenters. The van der Waals surface area contributed by atoms with Crippen molar-refractivity contribution in [3.05, 3.63) is 0 Å². The standard InChI is InChI=1S/C12H24N2O7/c1-7(16)14-9-11(18)10(17)8(6-15)21-12(9)20-5-4-19-3-2-13/h8-12,15,17-18H,2-6,13H2,1H3,(H,14,16)/t8-,9+,10-,11-,12-/m1/s1. The molecule has 1 fully saturated rings. The molecule has 124 valence electrons. The molecule has 1 rings (SSSR count). The summed E-state index contributed by atoms with van der Waals surface area (Å²) in [7, 11) is 0. The molecule has 1 aliphatic rings. The molecule has 0 aliphatic carbocycles. The summed E-state index contributed by atoms with van der Waals surface area (Å²) in [6.07, 6.45) is -4.61. The smallest absolute Gasteiger partial charge is 0.217 e. The van der Waals surface area contributed by atoms with Gasteiger partial charge in [0, 0.05) is 13.5 Å². The molecule has 9 heteroatoms. The van der Waals surface area contributed by atoms with Gasteiger partial charge < -0.3 is 40.6 Å². The van der Waals surface area contributed by atoms with Crippen LogP contribution in [0.25, 0.3) is 0 Å². The van der Waals surface area contributed by atoms with Crippen LogP contribution in [0.1, 0.15) is 6.92 Å². The molecule has 0 spiro atoms. The molecule has 0 aromatic carbocycles. The van der Waals surface area contributed by atoms with Crippen molar-refractivity contribution >= 4 is 5.91 Å². The van der Waals surface area contributed by atoms with Gasteiger partial charge in [0.15, 0.2) is 6.29 Å². The lowest BCUT2D eigenvalue weighted by Gasteiger charge is -2.42. The highest BCUT2D eigenvalue weighted by Gasteiger charge is 2.45. The van der Waals surface area contributed by atoms with Crippen LogP contribution < -0.4 is 11.1 Å². The molecule has 1 saturated heterocycles. The summed E-state index contributed by atoms with van der Waals surface area (Å²) in [5.74, 6) is -0.398. The van der Waals surface area contributed by atoms with Gasteiger partial charge >= 0.3 is 0 Å². The lowest BCUT2D eigenvalue weighted by atomic mass is 9.97. The fourth-order valence-corrected chi connectivity index (χ4v) is 2.02. The van der Waals surface area contributed by atoms with E-state index in [1.165, 1.54) is 6.92 Å². The first-order valence-electron chi connectivity index (χ1n) is 6.80. The molecule has 1 amide bonds. The van der Waals surface area contributed by atoms with Crippen molar-refractivity contribution in [1.29, 1.82) is 0 Å². The largest absolute Gasteiger partial charge is 0.394 e. The maximum atomic E-state index is 11.2. The second-order valence-corrected chi connectivity index (χ2v) is 4.70. The zero-order valence-corrected chi connectivity index (χ0v) is 12.0. The third-order valence-corrected chi connectivity index (χ3v) is 3.02. The Morgan fingerprint density at radius 3 is 2.57 bits per heavy atom. The predicted molar refractivity (Wildman–Crippen MR) is 71.2 cm³/mol. The van der Waals surface area contributed by atoms with E-state index in [1.54, 1.807) is 0 Å². The van der Waals surface area contributed by atoms with Gasteiger partial charge in [0.1, 0.15) is 24.4 Å². The Bertz CT molecular complexity index is 318. The van der Waals surface area contributed by atoms with Gasteiger partial charge in [-0.1, -0.05) is 0 Å². The Kier molecular flexibility index (Phi) is 8.04. The highest BCUT2D eigenvalue weighted by atomic mass is 16.7. The second-order valence-electron chi connectivity index (χ2n) is 4.70. The molecule has 0 unspecified atom stereocenters. The van der Waals surface area contributed by atoms with E-state index in [4.69, 9.17) is 25.1 Å². The molecular formula is C12H24N2O7. The van der Waals surface area contributed by atoms with Crippen LogP contribution in [0.3, 0.4) is 0 Å². The summed E-state index contributed by atoms with van der Waals surface area (Å²) in [5, 5.41) is 31.4. The van der Waals surface area contributed by atoms with Crippen molar-refractivity contribution in [3.8, 4) is 0 Å². The van der Waals surface area contributed by atoms with Crippen LogP contribution in [-0.2, 0) is 19.0 Å². The van der Waals surface area contributed by atoms with Crippen molar-refractivity contribution in [3.63, 3.8) is 0 Å². The number of aliphatic hydroxyl groups is 3. The Hall–Kier alpha value is -0.810. The molecule has 0 aromatic heterocycles. The number of carbonyl (C=O) groups is 1. The molecule has 6 N–H and O–H groups in total. The van der Waals surface area contributed by atoms with E-state index in [0.717, 1.165) is 0 Å². The van der Waals surface area contributed by atoms with Crippen LogP contribution in [-0.4, -0.2) is 84.8 Å². The fourth-order valence-electron chi connectivity index (χ4n) is 2.02. The highest BCUT2D eigenvalue weighted by molar-refractivity contribution is 5.73. The van der Waals surface area contributed by atoms with Crippen molar-refractivity contribution < 1.29 is 34.3 Å². The van der Waals surface area contributed by atoms with Gasteiger partial charge in [-0.3, -0.25) is 4.79 Å². The van der Waals surface area contributed by atoms with Gasteiger partial charge in [0.05, 0.1) is 26.4 Å². The SMILES string of the molecule is CC(=O)N[C@@H]1[C@H](OCCOCCN)O[C@H](CO)[C@@H](O)[C@@H]1O. The van der Waals surface area contributed by atoms with Crippen LogP contribution in [0.2, 0.25) is 0 Å². The zero-order chi connectivity index (χ0) is 15.8. The third kappa shape index (κ3) is 5.47. The topological polar surface area (TPSA) is 144 Å². The number of carbonyl (C=O) groups excluding carboxylic acids is 1. The van der Waals surface area contributed by atoms with E-state index in [9.17, 15) is 15.0 Å². The quantitative estimate of drug-likeness (QED) is 0.297. The number of amides is 1. The first kappa shape index (κ1) is 18.2. The van der Waals surface area contributed by atoms with E-state index >= 15 is 0 Å². The van der Waals surface area contributed by atoms with Crippen LogP contribution >= 0.6 is 0 Å². The van der Waals surface area contributed by atoms with Gasteiger partial charge in [0.25, 0.3) is 0 Å². The molecular weight excluding hydrogens is 284 g/mol. The van der Waals surface area contributed by atoms with Crippen molar-refractivity contribution in [2.75, 3.05) is 33.0 Å². The second kappa shape index (κ2) is 9.26. The van der Waals surface area contributed by atoms with E-state index in [0.29, 0.717) is 13.2 Å². The summed E-state index contributed by atoms with van der Waals surface area (Å²) in [6.45, 7) is 2.01. The fraction of sp³-hybridized carbons (Fsp3) is 0.917. The van der Waals surface area contributed by atoms with Crippen LogP contribution in [0.4, 0.5) is 0 Å². The Morgan fingerprint density at radius 2 is 2.00 bits per heavy atom. The average Bonchev–Trinajstić information content (AvgIpc) is 2.45. The Balaban J connectivity index is 2.58. The van der Waals surface area contributed by atoms with Crippen molar-refractivity contribution in [2.45, 2.75) is 37.6 Å². The summed E-state index contributed by atoms with van der Waals surface area (Å²) < 4.78 is 15.9. The van der Waals surface area contributed by atoms with Crippen LogP contribution in [0, 0.1) is 0 Å². The maximum absolute atomic E-state index is 11.2. The van der Waals surface area contributed by atoms with Gasteiger partial charge in [0.2, 0.25) is 5.91 Å². The lowest BCUT2D eigenvalue weighted by Crippen LogP contribution is -2.64. The van der Waals surface area contributed by atoms with Crippen LogP contribution in [0.15, 0.2) is 0 Å². The van der Waals surface area contributed by atoms with Crippen LogP contribution in [0.5, 0.6) is 0 Å². The minimum absolute atomic E-state index is 0.154. The Morgan fingerprint density at radius 1 is 1.29 bits per heavy atom. The third-order valence-electron chi connectivity index (χ3n) is 3.02. The summed E-state index contributed by atoms with van der Waals surface area (Å²) in [5.41, 5.74) is 5.27. The molecule has 0 bridgehead atoms. The van der Waals surface area contributed by atoms with E-state index in [1.807, 2.05) is 0 Å². The minimum Gasteiger partial charge on any atom is -0.394 e. The molecule has 21 heavy (non-hydrogen) atoms. The van der Waals surface area contributed by atoms with E-state index in [-0.39, 0.29) is 13.2 Å². The monoisotopic (exact) mass is 308 g/mol. The number of aliphatic hydroxyl groups excluding tert-OH is 3. The molecule has 0 aromatic rings. The molecule has 1 heterocycles. The summed E-state index contributed by atoms with van der Waals surface area (Å²) >= 11 is 0. The number of nitrogens with two attached hydrogens (primary N) is 1. The predicted octanol–water partition coefficient (Wildman–Crippen LogP) is -3.08. The van der Waals surface area contributed by atoms with Gasteiger partial charge in [-0.2, -0.15) is 0 Å². The van der Waals surface area contributed by atoms with Crippen molar-refractivity contribution in [1.82, 2.24) is 5.32 Å². The maximum Gasteiger partial charge on any atom is 0.217 e. The summed E-state index contributed by atoms with van der Waals surface area (Å²) in [6, 6.07) is -0.935. The number of hydrogen-bond acceptors (Lipinski definition) is 8. The van der Waals surface area contributed by atoms with E-state index < -0.39 is 43.2 Å². The minimum atomic E-state index is -1.32. The van der Waals surface area contributed by atoms with Crippen molar-refractivity contribution in [2.24, 2.45) is 5.73 Å². The number of nitrogens with one attached hydrogen (secondary N) is 1. The normalized spacial score (nSPS) is 32.9. The molecule has 9 nitrogen and oxygen atoms in total. The zero-order valence-electron chi connectivity index (χ0n) is 12.0.